The smallest absolute Gasteiger partial charge is 0.211 e. The second-order valence-electron chi connectivity index (χ2n) is 5.91. The largest absolute Gasteiger partial charge is 0.497 e. The second-order valence-corrected chi connectivity index (χ2v) is 5.91. The molecule has 2 aromatic carbocycles. The van der Waals surface area contributed by atoms with E-state index in [9.17, 15) is 4.39 Å². The zero-order valence-corrected chi connectivity index (χ0v) is 15.0. The summed E-state index contributed by atoms with van der Waals surface area (Å²) >= 11 is 0. The van der Waals surface area contributed by atoms with E-state index >= 15 is 0 Å². The number of fused-ring (bicyclic) bond motifs is 1. The number of benzene rings is 2. The van der Waals surface area contributed by atoms with E-state index in [1.54, 1.807) is 32.4 Å². The third-order valence-electron chi connectivity index (χ3n) is 4.25. The van der Waals surface area contributed by atoms with Gasteiger partial charge in [-0.15, -0.1) is 0 Å². The molecule has 4 rings (SSSR count). The Hall–Kier alpha value is -3.48. The van der Waals surface area contributed by atoms with Gasteiger partial charge in [-0.1, -0.05) is 5.16 Å². The van der Waals surface area contributed by atoms with Crippen LogP contribution in [0.1, 0.15) is 5.69 Å². The lowest BCUT2D eigenvalue weighted by Crippen LogP contribution is -1.97. The summed E-state index contributed by atoms with van der Waals surface area (Å²) in [6, 6.07) is 11.4. The lowest BCUT2D eigenvalue weighted by molar-refractivity contribution is 0.395. The van der Waals surface area contributed by atoms with Gasteiger partial charge in [-0.25, -0.2) is 14.4 Å². The van der Waals surface area contributed by atoms with Crippen LogP contribution in [0, 0.1) is 12.7 Å². The van der Waals surface area contributed by atoms with E-state index < -0.39 is 0 Å². The molecule has 7 heteroatoms. The van der Waals surface area contributed by atoms with Gasteiger partial charge in [0.2, 0.25) is 5.58 Å². The topological polar surface area (TPSA) is 70.3 Å². The summed E-state index contributed by atoms with van der Waals surface area (Å²) in [5.41, 5.74) is 3.64. The quantitative estimate of drug-likeness (QED) is 0.533. The van der Waals surface area contributed by atoms with Crippen LogP contribution in [0.15, 0.2) is 47.0 Å². The van der Waals surface area contributed by atoms with Crippen molar-refractivity contribution in [2.24, 2.45) is 0 Å². The van der Waals surface area contributed by atoms with Crippen molar-refractivity contribution in [3.63, 3.8) is 0 Å². The van der Waals surface area contributed by atoms with Crippen LogP contribution in [0.2, 0.25) is 0 Å². The van der Waals surface area contributed by atoms with E-state index in [1.807, 2.05) is 19.1 Å². The van der Waals surface area contributed by atoms with Crippen LogP contribution in [0.5, 0.6) is 11.5 Å². The highest BCUT2D eigenvalue weighted by atomic mass is 19.1. The first-order valence-corrected chi connectivity index (χ1v) is 8.23. The van der Waals surface area contributed by atoms with Crippen LogP contribution in [0.4, 0.5) is 4.39 Å². The Labute approximate surface area is 154 Å². The van der Waals surface area contributed by atoms with Gasteiger partial charge in [0, 0.05) is 17.2 Å². The van der Waals surface area contributed by atoms with Gasteiger partial charge in [-0.3, -0.25) is 0 Å². The SMILES string of the molecule is COc1ccc(-c2nc(-c3ccc(F)cc3)nc3c(C)noc23)c(OC)c1. The summed E-state index contributed by atoms with van der Waals surface area (Å²) in [4.78, 5) is 9.22. The minimum atomic E-state index is -0.321. The Kier molecular flexibility index (Phi) is 4.19. The molecule has 0 unspecified atom stereocenters. The van der Waals surface area contributed by atoms with E-state index in [0.717, 1.165) is 0 Å². The molecule has 0 aliphatic carbocycles. The van der Waals surface area contributed by atoms with Gasteiger partial charge in [0.1, 0.15) is 34.2 Å². The summed E-state index contributed by atoms with van der Waals surface area (Å²) in [6.07, 6.45) is 0. The van der Waals surface area contributed by atoms with Crippen molar-refractivity contribution in [3.8, 4) is 34.1 Å². The van der Waals surface area contributed by atoms with E-state index in [0.29, 0.717) is 50.9 Å². The fourth-order valence-corrected chi connectivity index (χ4v) is 2.84. The van der Waals surface area contributed by atoms with Gasteiger partial charge in [-0.2, -0.15) is 0 Å². The van der Waals surface area contributed by atoms with Gasteiger partial charge in [0.15, 0.2) is 5.82 Å². The molecule has 0 atom stereocenters. The fraction of sp³-hybridized carbons (Fsp3) is 0.150. The number of hydrogen-bond acceptors (Lipinski definition) is 6. The van der Waals surface area contributed by atoms with Crippen molar-refractivity contribution in [2.45, 2.75) is 6.92 Å². The molecule has 0 aliphatic rings. The van der Waals surface area contributed by atoms with Gasteiger partial charge in [0.25, 0.3) is 0 Å². The van der Waals surface area contributed by atoms with Crippen LogP contribution in [-0.2, 0) is 0 Å². The Bertz CT molecular complexity index is 1120. The standard InChI is InChI=1S/C20H16FN3O3/c1-11-17-19(27-24-11)18(15-9-8-14(25-2)10-16(15)26-3)23-20(22-17)12-4-6-13(21)7-5-12/h4-10H,1-3H3. The Morgan fingerprint density at radius 3 is 2.44 bits per heavy atom. The monoisotopic (exact) mass is 365 g/mol. The minimum absolute atomic E-state index is 0.321. The molecule has 2 heterocycles. The minimum Gasteiger partial charge on any atom is -0.497 e. The number of rotatable bonds is 4. The lowest BCUT2D eigenvalue weighted by atomic mass is 10.1. The molecule has 0 fully saturated rings. The van der Waals surface area contributed by atoms with Crippen molar-refractivity contribution in [1.82, 2.24) is 15.1 Å². The van der Waals surface area contributed by atoms with Crippen LogP contribution >= 0.6 is 0 Å². The number of nitrogens with zero attached hydrogens (tertiary/aromatic N) is 3. The third-order valence-corrected chi connectivity index (χ3v) is 4.25. The van der Waals surface area contributed by atoms with Crippen molar-refractivity contribution >= 4 is 11.1 Å². The average Bonchev–Trinajstić information content (AvgIpc) is 3.08. The van der Waals surface area contributed by atoms with E-state index in [-0.39, 0.29) is 5.82 Å². The maximum atomic E-state index is 13.3. The zero-order valence-electron chi connectivity index (χ0n) is 15.0. The normalized spacial score (nSPS) is 11.0. The van der Waals surface area contributed by atoms with Crippen molar-refractivity contribution in [3.05, 3.63) is 54.0 Å². The summed E-state index contributed by atoms with van der Waals surface area (Å²) in [7, 11) is 3.16. The van der Waals surface area contributed by atoms with Crippen LogP contribution in [0.3, 0.4) is 0 Å². The summed E-state index contributed by atoms with van der Waals surface area (Å²) < 4.78 is 29.5. The highest BCUT2D eigenvalue weighted by Gasteiger charge is 2.20. The Morgan fingerprint density at radius 2 is 1.74 bits per heavy atom. The molecule has 0 spiro atoms. The van der Waals surface area contributed by atoms with Crippen molar-refractivity contribution in [1.29, 1.82) is 0 Å². The first-order valence-electron chi connectivity index (χ1n) is 8.23. The van der Waals surface area contributed by atoms with Gasteiger partial charge < -0.3 is 14.0 Å². The Balaban J connectivity index is 1.99. The molecule has 4 aromatic rings. The second kappa shape index (κ2) is 6.68. The van der Waals surface area contributed by atoms with Crippen LogP contribution in [0.25, 0.3) is 33.7 Å². The lowest BCUT2D eigenvalue weighted by Gasteiger charge is -2.11. The van der Waals surface area contributed by atoms with Crippen LogP contribution in [-0.4, -0.2) is 29.3 Å². The van der Waals surface area contributed by atoms with Gasteiger partial charge in [-0.05, 0) is 43.3 Å². The van der Waals surface area contributed by atoms with E-state index in [2.05, 4.69) is 15.1 Å². The number of halogens is 1. The third kappa shape index (κ3) is 2.97. The van der Waals surface area contributed by atoms with Gasteiger partial charge in [0.05, 0.1) is 14.2 Å². The molecule has 0 radical (unpaired) electrons. The molecular weight excluding hydrogens is 349 g/mol. The molecule has 0 amide bonds. The zero-order chi connectivity index (χ0) is 19.0. The molecule has 6 nitrogen and oxygen atoms in total. The molecular formula is C20H16FN3O3. The van der Waals surface area contributed by atoms with E-state index in [1.165, 1.54) is 12.1 Å². The average molecular weight is 365 g/mol. The summed E-state index contributed by atoms with van der Waals surface area (Å²) in [5, 5.41) is 4.02. The molecule has 0 aliphatic heterocycles. The Morgan fingerprint density at radius 1 is 0.963 bits per heavy atom. The first-order chi connectivity index (χ1) is 13.1. The molecule has 0 bridgehead atoms. The molecule has 0 N–H and O–H groups in total. The highest BCUT2D eigenvalue weighted by Crippen LogP contribution is 2.37. The first kappa shape index (κ1) is 17.0. The fourth-order valence-electron chi connectivity index (χ4n) is 2.84. The number of ether oxygens (including phenoxy) is 2. The van der Waals surface area contributed by atoms with Crippen LogP contribution < -0.4 is 9.47 Å². The summed E-state index contributed by atoms with van der Waals surface area (Å²) in [5.74, 6) is 1.36. The maximum absolute atomic E-state index is 13.3. The predicted molar refractivity (Wildman–Crippen MR) is 98.3 cm³/mol. The number of hydrogen-bond donors (Lipinski definition) is 0. The highest BCUT2D eigenvalue weighted by molar-refractivity contribution is 5.92. The summed E-state index contributed by atoms with van der Waals surface area (Å²) in [6.45, 7) is 1.81. The number of aryl methyl sites for hydroxylation is 1. The number of aromatic nitrogens is 3. The van der Waals surface area contributed by atoms with Crippen molar-refractivity contribution in [2.75, 3.05) is 14.2 Å². The molecule has 0 saturated carbocycles. The van der Waals surface area contributed by atoms with Gasteiger partial charge >= 0.3 is 0 Å². The molecule has 2 aromatic heterocycles. The van der Waals surface area contributed by atoms with Crippen molar-refractivity contribution < 1.29 is 18.4 Å². The molecule has 136 valence electrons. The molecule has 0 saturated heterocycles. The number of methoxy groups -OCH3 is 2. The predicted octanol–water partition coefficient (Wildman–Crippen LogP) is 4.42. The molecule has 27 heavy (non-hydrogen) atoms. The van der Waals surface area contributed by atoms with E-state index in [4.69, 9.17) is 14.0 Å². The maximum Gasteiger partial charge on any atom is 0.211 e.